The summed E-state index contributed by atoms with van der Waals surface area (Å²) >= 11 is 0. The van der Waals surface area contributed by atoms with Gasteiger partial charge in [0.25, 0.3) is 0 Å². The summed E-state index contributed by atoms with van der Waals surface area (Å²) in [4.78, 5) is 56.6. The van der Waals surface area contributed by atoms with E-state index >= 15 is 0 Å². The molecule has 0 spiro atoms. The van der Waals surface area contributed by atoms with Crippen LogP contribution in [0.1, 0.15) is 113 Å². The van der Waals surface area contributed by atoms with Crippen LogP contribution in [0.15, 0.2) is 35.7 Å². The highest BCUT2D eigenvalue weighted by molar-refractivity contribution is 5.96. The predicted molar refractivity (Wildman–Crippen MR) is 259 cm³/mol. The number of urea groups is 1. The highest BCUT2D eigenvalue weighted by atomic mass is 16.5. The number of methoxy groups -OCH3 is 1. The molecule has 0 bridgehead atoms. The summed E-state index contributed by atoms with van der Waals surface area (Å²) in [5, 5.41) is 32.9. The maximum absolute atomic E-state index is 12.3. The molecule has 15 N–H and O–H groups in total. The highest BCUT2D eigenvalue weighted by Crippen LogP contribution is 2.48. The Morgan fingerprint density at radius 1 is 0.864 bits per heavy atom. The van der Waals surface area contributed by atoms with Gasteiger partial charge in [-0.3, -0.25) is 14.4 Å². The fourth-order valence-corrected chi connectivity index (χ4v) is 5.97. The molecular formula is C46H88N10O10. The molecule has 1 saturated carbocycles. The van der Waals surface area contributed by atoms with Gasteiger partial charge < -0.3 is 73.2 Å². The Balaban J connectivity index is 0. The van der Waals surface area contributed by atoms with Crippen molar-refractivity contribution in [3.63, 3.8) is 0 Å². The topological polar surface area (TPSA) is 321 Å². The number of amides is 6. The third-order valence-electron chi connectivity index (χ3n) is 9.89. The smallest absolute Gasteiger partial charge is 0.406 e. The zero-order chi connectivity index (χ0) is 50.7. The van der Waals surface area contributed by atoms with Crippen molar-refractivity contribution < 1.29 is 48.4 Å². The van der Waals surface area contributed by atoms with Gasteiger partial charge in [0.2, 0.25) is 17.7 Å². The molecule has 0 aromatic heterocycles. The van der Waals surface area contributed by atoms with Crippen LogP contribution in [-0.4, -0.2) is 123 Å². The van der Waals surface area contributed by atoms with Crippen LogP contribution in [0.4, 0.5) is 15.3 Å². The molecule has 0 saturated heterocycles. The highest BCUT2D eigenvalue weighted by Gasteiger charge is 2.38. The maximum Gasteiger partial charge on any atom is 0.406 e. The van der Waals surface area contributed by atoms with Gasteiger partial charge in [0.05, 0.1) is 58.8 Å². The van der Waals surface area contributed by atoms with E-state index in [9.17, 15) is 29.1 Å². The molecule has 6 amide bonds. The number of hydrogen-bond acceptors (Lipinski definition) is 14. The van der Waals surface area contributed by atoms with Gasteiger partial charge in [-0.2, -0.15) is 0 Å². The summed E-state index contributed by atoms with van der Waals surface area (Å²) in [5.41, 5.74) is 18.9. The second-order valence-electron chi connectivity index (χ2n) is 16.9. The van der Waals surface area contributed by atoms with E-state index in [2.05, 4.69) is 31.3 Å². The lowest BCUT2D eigenvalue weighted by Crippen LogP contribution is -2.51. The zero-order valence-electron chi connectivity index (χ0n) is 41.6. The van der Waals surface area contributed by atoms with E-state index in [0.717, 1.165) is 48.1 Å². The summed E-state index contributed by atoms with van der Waals surface area (Å²) in [7, 11) is 1.32. The Morgan fingerprint density at radius 3 is 1.94 bits per heavy atom. The average molecular weight is 941 g/mol. The van der Waals surface area contributed by atoms with E-state index in [-0.39, 0.29) is 49.3 Å². The summed E-state index contributed by atoms with van der Waals surface area (Å²) in [6.45, 7) is 20.8. The first-order valence-electron chi connectivity index (χ1n) is 23.2. The first-order valence-corrected chi connectivity index (χ1v) is 23.2. The molecule has 2 aliphatic carbocycles. The summed E-state index contributed by atoms with van der Waals surface area (Å²) < 4.78 is 14.6. The molecule has 3 unspecified atom stereocenters. The molecule has 1 aromatic carbocycles. The van der Waals surface area contributed by atoms with E-state index < -0.39 is 23.7 Å². The first-order chi connectivity index (χ1) is 31.3. The maximum atomic E-state index is 12.3. The number of allylic oxidation sites excluding steroid dienone is 2. The lowest BCUT2D eigenvalue weighted by Gasteiger charge is -2.38. The predicted octanol–water partition coefficient (Wildman–Crippen LogP) is 3.16. The minimum Gasteiger partial charge on any atom is -0.453 e. The SMILES string of the molecule is CC.CC(C)(CO)N(N)/C1=C(\N)CCC2CC2CC1.CC(C)CC(=O)NC(C(=O)NCC(=O)Nc1ccc(CO)cc1)C(C)C.CCCNC(N)=O.COC(=O)NCCOCCOCCN. The third kappa shape index (κ3) is 30.5. The van der Waals surface area contributed by atoms with Crippen molar-refractivity contribution in [1.82, 2.24) is 26.3 Å². The molecule has 20 nitrogen and oxygen atoms in total. The van der Waals surface area contributed by atoms with Gasteiger partial charge in [-0.25, -0.2) is 15.4 Å². The molecule has 66 heavy (non-hydrogen) atoms. The second-order valence-corrected chi connectivity index (χ2v) is 16.9. The molecule has 0 heterocycles. The number of hydrazine groups is 1. The Morgan fingerprint density at radius 2 is 1.45 bits per heavy atom. The number of aliphatic hydroxyl groups excluding tert-OH is 2. The van der Waals surface area contributed by atoms with Crippen LogP contribution in [0, 0.1) is 23.7 Å². The van der Waals surface area contributed by atoms with E-state index in [0.29, 0.717) is 58.2 Å². The van der Waals surface area contributed by atoms with Gasteiger partial charge in [-0.05, 0) is 93.7 Å². The lowest BCUT2D eigenvalue weighted by atomic mass is 9.98. The van der Waals surface area contributed by atoms with Crippen LogP contribution in [-0.2, 0) is 35.2 Å². The second kappa shape index (κ2) is 37.4. The summed E-state index contributed by atoms with van der Waals surface area (Å²) in [6.07, 6.45) is 6.49. The van der Waals surface area contributed by atoms with Crippen molar-refractivity contribution in [1.29, 1.82) is 0 Å². The number of anilines is 1. The Labute approximate surface area is 394 Å². The lowest BCUT2D eigenvalue weighted by molar-refractivity contribution is -0.131. The number of fused-ring (bicyclic) bond motifs is 1. The number of ether oxygens (including phenoxy) is 3. The average Bonchev–Trinajstić information content (AvgIpc) is 4.04. The zero-order valence-corrected chi connectivity index (χ0v) is 41.6. The molecule has 1 fully saturated rings. The quantitative estimate of drug-likeness (QED) is 0.0452. The fourth-order valence-electron chi connectivity index (χ4n) is 5.97. The van der Waals surface area contributed by atoms with Crippen LogP contribution in [0.3, 0.4) is 0 Å². The number of benzene rings is 1. The number of alkyl carbamates (subject to hydrolysis) is 1. The van der Waals surface area contributed by atoms with Crippen molar-refractivity contribution >= 4 is 35.5 Å². The number of hydrogen-bond donors (Lipinski definition) is 11. The van der Waals surface area contributed by atoms with Gasteiger partial charge in [-0.15, -0.1) is 0 Å². The summed E-state index contributed by atoms with van der Waals surface area (Å²) in [6, 6.07) is 5.63. The molecule has 20 heteroatoms. The van der Waals surface area contributed by atoms with Gasteiger partial charge in [0, 0.05) is 43.1 Å². The van der Waals surface area contributed by atoms with Gasteiger partial charge in [0.15, 0.2) is 0 Å². The molecule has 0 radical (unpaired) electrons. The number of aliphatic hydroxyl groups is 2. The molecule has 382 valence electrons. The third-order valence-corrected chi connectivity index (χ3v) is 9.89. The number of carbonyl (C=O) groups excluding carboxylic acids is 5. The monoisotopic (exact) mass is 941 g/mol. The minimum absolute atomic E-state index is 0.0341. The van der Waals surface area contributed by atoms with E-state index in [1.807, 2.05) is 62.3 Å². The number of nitrogens with zero attached hydrogens (tertiary/aromatic N) is 1. The van der Waals surface area contributed by atoms with Crippen LogP contribution in [0.5, 0.6) is 0 Å². The van der Waals surface area contributed by atoms with E-state index in [1.165, 1.54) is 26.4 Å². The number of rotatable bonds is 22. The Kier molecular flexibility index (Phi) is 35.9. The normalized spacial score (nSPS) is 16.4. The van der Waals surface area contributed by atoms with Crippen LogP contribution >= 0.6 is 0 Å². The number of nitrogens with two attached hydrogens (primary N) is 4. The molecule has 3 rings (SSSR count). The Bertz CT molecular complexity index is 1530. The van der Waals surface area contributed by atoms with Crippen molar-refractivity contribution in [3.05, 3.63) is 41.2 Å². The first kappa shape index (κ1) is 63.4. The molecule has 3 atom stereocenters. The molecule has 1 aromatic rings. The van der Waals surface area contributed by atoms with Gasteiger partial charge >= 0.3 is 12.1 Å². The van der Waals surface area contributed by atoms with Crippen LogP contribution in [0.25, 0.3) is 0 Å². The van der Waals surface area contributed by atoms with Crippen LogP contribution in [0.2, 0.25) is 0 Å². The van der Waals surface area contributed by atoms with Crippen molar-refractivity contribution in [2.45, 2.75) is 125 Å². The largest absolute Gasteiger partial charge is 0.453 e. The molecule has 2 aliphatic rings. The van der Waals surface area contributed by atoms with Crippen LogP contribution < -0.4 is 49.6 Å². The minimum atomic E-state index is -0.683. The number of nitrogens with one attached hydrogen (secondary N) is 5. The van der Waals surface area contributed by atoms with Gasteiger partial charge in [0.1, 0.15) is 6.04 Å². The number of primary amides is 1. The Hall–Kier alpha value is -4.73. The standard InChI is InChI=1S/C19H29N3O4.C13H25N3O.C8H18N2O4.C4H10N2O.C2H6/c1-12(2)9-16(24)22-18(13(3)4)19(26)20-10-17(25)21-15-7-5-14(11-23)6-8-15;1-13(2,8-17)16(15)12-6-4-10-7-9(10)3-5-11(12)14;1-12-8(11)10-3-5-14-7-6-13-4-2-9;1-2-3-6-4(5)7;1-2/h5-8,12-13,18,23H,9-11H2,1-4H3,(H,20,26)(H,21,25)(H,22,24);9-10,17H,3-8,14-15H2,1-2H3;2-7,9H2,1H3,(H,10,11);2-3H2,1H3,(H3,5,6,7);1-2H3/b;12-11-;;;. The molecular weight excluding hydrogens is 853 g/mol. The van der Waals surface area contributed by atoms with E-state index in [4.69, 9.17) is 37.6 Å². The van der Waals surface area contributed by atoms with Crippen molar-refractivity contribution in [2.24, 2.45) is 46.7 Å². The molecule has 0 aliphatic heterocycles. The summed E-state index contributed by atoms with van der Waals surface area (Å²) in [5.74, 6) is 7.12. The number of carbonyl (C=O) groups is 5. The van der Waals surface area contributed by atoms with E-state index in [1.54, 1.807) is 29.3 Å². The van der Waals surface area contributed by atoms with Crippen molar-refractivity contribution in [2.75, 3.05) is 71.6 Å². The van der Waals surface area contributed by atoms with Crippen molar-refractivity contribution in [3.8, 4) is 0 Å². The fraction of sp³-hybridized carbons (Fsp3) is 0.717. The van der Waals surface area contributed by atoms with Gasteiger partial charge in [-0.1, -0.05) is 60.6 Å².